The van der Waals surface area contributed by atoms with Crippen molar-refractivity contribution in [2.75, 3.05) is 26.5 Å². The molecular formula is C6H10F4O4. The number of aliphatic hydroxyl groups excluding tert-OH is 1. The molecule has 0 aromatic heterocycles. The lowest BCUT2D eigenvalue weighted by Gasteiger charge is -2.13. The van der Waals surface area contributed by atoms with Crippen LogP contribution in [0.5, 0.6) is 0 Å². The third kappa shape index (κ3) is 9.65. The zero-order valence-corrected chi connectivity index (χ0v) is 7.09. The monoisotopic (exact) mass is 222 g/mol. The van der Waals surface area contributed by atoms with Gasteiger partial charge in [-0.25, -0.2) is 9.13 Å². The van der Waals surface area contributed by atoms with E-state index in [1.165, 1.54) is 0 Å². The van der Waals surface area contributed by atoms with Crippen molar-refractivity contribution in [3.8, 4) is 0 Å². The first-order valence-electron chi connectivity index (χ1n) is 3.63. The summed E-state index contributed by atoms with van der Waals surface area (Å²) in [7, 11) is 0. The van der Waals surface area contributed by atoms with Gasteiger partial charge in [0.15, 0.2) is 0 Å². The highest BCUT2D eigenvalue weighted by Crippen LogP contribution is 2.18. The first kappa shape index (κ1) is 13.6. The van der Waals surface area contributed by atoms with Gasteiger partial charge in [-0.15, -0.1) is 13.2 Å². The number of alkyl halides is 4. The van der Waals surface area contributed by atoms with Crippen molar-refractivity contribution in [3.63, 3.8) is 0 Å². The first-order chi connectivity index (χ1) is 6.45. The fraction of sp³-hybridized carbons (Fsp3) is 1.00. The van der Waals surface area contributed by atoms with Crippen LogP contribution < -0.4 is 0 Å². The molecule has 0 fully saturated rings. The molecule has 0 rings (SSSR count). The Balaban J connectivity index is 3.31. The zero-order valence-electron chi connectivity index (χ0n) is 7.09. The van der Waals surface area contributed by atoms with Crippen LogP contribution in [0, 0.1) is 0 Å². The molecule has 1 unspecified atom stereocenters. The number of aliphatic hydroxyl groups is 1. The molecule has 8 heteroatoms. The molecule has 0 saturated heterocycles. The van der Waals surface area contributed by atoms with Gasteiger partial charge in [-0.3, -0.25) is 0 Å². The van der Waals surface area contributed by atoms with Gasteiger partial charge in [0, 0.05) is 0 Å². The van der Waals surface area contributed by atoms with E-state index >= 15 is 0 Å². The second-order valence-electron chi connectivity index (χ2n) is 2.04. The Bertz CT molecular complexity index is 140. The number of rotatable bonds is 7. The molecule has 86 valence electrons. The van der Waals surface area contributed by atoms with Gasteiger partial charge >= 0.3 is 6.36 Å². The molecule has 14 heavy (non-hydrogen) atoms. The molecule has 0 radical (unpaired) electrons. The van der Waals surface area contributed by atoms with Crippen LogP contribution in [0.2, 0.25) is 0 Å². The largest absolute Gasteiger partial charge is 0.526 e. The summed E-state index contributed by atoms with van der Waals surface area (Å²) in [5.41, 5.74) is 0. The Labute approximate surface area is 77.4 Å². The lowest BCUT2D eigenvalue weighted by atomic mass is 10.7. The van der Waals surface area contributed by atoms with Crippen molar-refractivity contribution in [1.29, 1.82) is 0 Å². The fourth-order valence-electron chi connectivity index (χ4n) is 0.513. The SMILES string of the molecule is OC(OCCOCCF)OC(F)(F)F. The van der Waals surface area contributed by atoms with Crippen LogP contribution in [0.1, 0.15) is 0 Å². The summed E-state index contributed by atoms with van der Waals surface area (Å²) in [4.78, 5) is 0. The summed E-state index contributed by atoms with van der Waals surface area (Å²) in [5.74, 6) is 0. The predicted octanol–water partition coefficient (Wildman–Crippen LogP) is 0.801. The topological polar surface area (TPSA) is 47.9 Å². The predicted molar refractivity (Wildman–Crippen MR) is 35.9 cm³/mol. The maximum absolute atomic E-state index is 11.4. The molecule has 0 bridgehead atoms. The number of ether oxygens (including phenoxy) is 3. The fourth-order valence-corrected chi connectivity index (χ4v) is 0.513. The van der Waals surface area contributed by atoms with Crippen molar-refractivity contribution in [1.82, 2.24) is 0 Å². The van der Waals surface area contributed by atoms with Crippen molar-refractivity contribution >= 4 is 0 Å². The molecule has 1 atom stereocenters. The van der Waals surface area contributed by atoms with E-state index in [1.807, 2.05) is 0 Å². The van der Waals surface area contributed by atoms with Gasteiger partial charge in [-0.2, -0.15) is 0 Å². The number of hydrogen-bond acceptors (Lipinski definition) is 4. The minimum Gasteiger partial charge on any atom is -0.376 e. The Morgan fingerprint density at radius 2 is 1.79 bits per heavy atom. The molecule has 1 N–H and O–H groups in total. The number of halogens is 4. The maximum atomic E-state index is 11.4. The van der Waals surface area contributed by atoms with E-state index in [2.05, 4.69) is 14.2 Å². The maximum Gasteiger partial charge on any atom is 0.526 e. The van der Waals surface area contributed by atoms with Crippen molar-refractivity contribution in [2.24, 2.45) is 0 Å². The van der Waals surface area contributed by atoms with Crippen molar-refractivity contribution in [2.45, 2.75) is 12.8 Å². The summed E-state index contributed by atoms with van der Waals surface area (Å²) in [6.07, 6.45) is -4.96. The van der Waals surface area contributed by atoms with Crippen LogP contribution in [-0.2, 0) is 14.2 Å². The lowest BCUT2D eigenvalue weighted by molar-refractivity contribution is -0.422. The van der Waals surface area contributed by atoms with Gasteiger partial charge < -0.3 is 14.6 Å². The van der Waals surface area contributed by atoms with E-state index in [4.69, 9.17) is 5.11 Å². The summed E-state index contributed by atoms with van der Waals surface area (Å²) in [6, 6.07) is 0. The molecule has 0 aromatic carbocycles. The molecule has 0 aromatic rings. The standard InChI is InChI=1S/C6H10F4O4/c7-1-2-12-3-4-13-5(11)14-6(8,9)10/h5,11H,1-4H2. The van der Waals surface area contributed by atoms with Gasteiger partial charge in [0.2, 0.25) is 0 Å². The molecule has 0 heterocycles. The van der Waals surface area contributed by atoms with Gasteiger partial charge in [0.05, 0.1) is 19.8 Å². The minimum atomic E-state index is -4.96. The Morgan fingerprint density at radius 1 is 1.14 bits per heavy atom. The Kier molecular flexibility index (Phi) is 6.71. The highest BCUT2D eigenvalue weighted by Gasteiger charge is 2.33. The van der Waals surface area contributed by atoms with Gasteiger partial charge in [-0.05, 0) is 0 Å². The van der Waals surface area contributed by atoms with Crippen LogP contribution in [0.25, 0.3) is 0 Å². The quantitative estimate of drug-likeness (QED) is 0.393. The van der Waals surface area contributed by atoms with E-state index in [0.29, 0.717) is 0 Å². The van der Waals surface area contributed by atoms with Crippen LogP contribution >= 0.6 is 0 Å². The molecule has 0 aliphatic carbocycles. The molecule has 0 amide bonds. The highest BCUT2D eigenvalue weighted by molar-refractivity contribution is 4.31. The molecule has 0 saturated carbocycles. The molecule has 0 spiro atoms. The smallest absolute Gasteiger partial charge is 0.376 e. The zero-order chi connectivity index (χ0) is 11.0. The van der Waals surface area contributed by atoms with Crippen LogP contribution in [0.15, 0.2) is 0 Å². The second-order valence-corrected chi connectivity index (χ2v) is 2.04. The van der Waals surface area contributed by atoms with E-state index in [9.17, 15) is 17.6 Å². The van der Waals surface area contributed by atoms with Crippen LogP contribution in [0.3, 0.4) is 0 Å². The molecular weight excluding hydrogens is 212 g/mol. The minimum absolute atomic E-state index is 0.123. The summed E-state index contributed by atoms with van der Waals surface area (Å²) in [6.45, 7) is -3.69. The van der Waals surface area contributed by atoms with Gasteiger partial charge in [-0.1, -0.05) is 0 Å². The van der Waals surface area contributed by atoms with E-state index in [-0.39, 0.29) is 19.8 Å². The Morgan fingerprint density at radius 3 is 2.29 bits per heavy atom. The van der Waals surface area contributed by atoms with Gasteiger partial charge in [0.1, 0.15) is 6.67 Å². The summed E-state index contributed by atoms with van der Waals surface area (Å²) < 4.78 is 57.3. The normalized spacial score (nSPS) is 14.4. The summed E-state index contributed by atoms with van der Waals surface area (Å²) >= 11 is 0. The second kappa shape index (κ2) is 6.93. The Hall–Kier alpha value is -0.440. The van der Waals surface area contributed by atoms with Crippen molar-refractivity contribution < 1.29 is 36.9 Å². The molecule has 0 aliphatic heterocycles. The number of hydrogen-bond donors (Lipinski definition) is 1. The van der Waals surface area contributed by atoms with E-state index in [0.717, 1.165) is 0 Å². The molecule has 0 aliphatic rings. The third-order valence-electron chi connectivity index (χ3n) is 0.944. The first-order valence-corrected chi connectivity index (χ1v) is 3.63. The summed E-state index contributed by atoms with van der Waals surface area (Å²) in [5, 5.41) is 8.45. The third-order valence-corrected chi connectivity index (χ3v) is 0.944. The van der Waals surface area contributed by atoms with Crippen LogP contribution in [0.4, 0.5) is 17.6 Å². The highest BCUT2D eigenvalue weighted by atomic mass is 19.4. The molecule has 4 nitrogen and oxygen atoms in total. The van der Waals surface area contributed by atoms with Crippen molar-refractivity contribution in [3.05, 3.63) is 0 Å². The van der Waals surface area contributed by atoms with Crippen LogP contribution in [-0.4, -0.2) is 44.4 Å². The van der Waals surface area contributed by atoms with E-state index in [1.54, 1.807) is 0 Å². The van der Waals surface area contributed by atoms with Gasteiger partial charge in [0.25, 0.3) is 6.48 Å². The lowest BCUT2D eigenvalue weighted by Crippen LogP contribution is -2.27. The van der Waals surface area contributed by atoms with E-state index < -0.39 is 19.5 Å². The average molecular weight is 222 g/mol. The average Bonchev–Trinajstić information content (AvgIpc) is 2.00.